The second-order valence-corrected chi connectivity index (χ2v) is 6.03. The monoisotopic (exact) mass is 315 g/mol. The van der Waals surface area contributed by atoms with Crippen molar-refractivity contribution in [1.29, 1.82) is 0 Å². The van der Waals surface area contributed by atoms with Gasteiger partial charge < -0.3 is 10.0 Å². The Hall–Kier alpha value is -0.610. The molecule has 20 heavy (non-hydrogen) atoms. The van der Waals surface area contributed by atoms with Gasteiger partial charge in [0.05, 0.1) is 10.0 Å². The first-order valence-corrected chi connectivity index (χ1v) is 7.68. The Morgan fingerprint density at radius 2 is 2.00 bits per heavy atom. The number of ketones is 1. The second-order valence-electron chi connectivity index (χ2n) is 5.24. The Kier molecular flexibility index (Phi) is 5.85. The topological polar surface area (TPSA) is 40.5 Å². The van der Waals surface area contributed by atoms with Gasteiger partial charge in [-0.25, -0.2) is 0 Å². The minimum absolute atomic E-state index is 0.0294. The Morgan fingerprint density at radius 1 is 1.30 bits per heavy atom. The van der Waals surface area contributed by atoms with E-state index in [4.69, 9.17) is 28.3 Å². The normalized spacial score (nSPS) is 17.4. The first-order valence-electron chi connectivity index (χ1n) is 6.92. The lowest BCUT2D eigenvalue weighted by molar-refractivity contribution is 0.0933. The van der Waals surface area contributed by atoms with Crippen molar-refractivity contribution in [1.82, 2.24) is 4.90 Å². The van der Waals surface area contributed by atoms with Crippen LogP contribution >= 0.6 is 23.2 Å². The fourth-order valence-electron chi connectivity index (χ4n) is 2.51. The van der Waals surface area contributed by atoms with Gasteiger partial charge in [-0.2, -0.15) is 0 Å². The molecule has 5 heteroatoms. The van der Waals surface area contributed by atoms with Crippen LogP contribution in [0.25, 0.3) is 0 Å². The molecule has 1 saturated heterocycles. The number of hydrogen-bond acceptors (Lipinski definition) is 3. The molecule has 0 radical (unpaired) electrons. The van der Waals surface area contributed by atoms with Crippen LogP contribution in [0, 0.1) is 5.92 Å². The number of nitrogens with zero attached hydrogens (tertiary/aromatic N) is 1. The van der Waals surface area contributed by atoms with Crippen LogP contribution in [0.5, 0.6) is 0 Å². The van der Waals surface area contributed by atoms with Crippen molar-refractivity contribution in [3.63, 3.8) is 0 Å². The van der Waals surface area contributed by atoms with Gasteiger partial charge in [-0.05, 0) is 44.0 Å². The van der Waals surface area contributed by atoms with Gasteiger partial charge in [0.2, 0.25) is 0 Å². The lowest BCUT2D eigenvalue weighted by atomic mass is 9.97. The number of rotatable bonds is 5. The second kappa shape index (κ2) is 7.41. The highest BCUT2D eigenvalue weighted by Gasteiger charge is 2.19. The lowest BCUT2D eigenvalue weighted by Crippen LogP contribution is -2.36. The Morgan fingerprint density at radius 3 is 2.65 bits per heavy atom. The minimum atomic E-state index is 0.0294. The molecule has 0 aliphatic carbocycles. The molecule has 1 aliphatic rings. The summed E-state index contributed by atoms with van der Waals surface area (Å²) in [7, 11) is 0. The van der Waals surface area contributed by atoms with Gasteiger partial charge in [-0.3, -0.25) is 4.79 Å². The van der Waals surface area contributed by atoms with E-state index in [0.717, 1.165) is 32.5 Å². The van der Waals surface area contributed by atoms with E-state index in [1.807, 2.05) is 0 Å². The summed E-state index contributed by atoms with van der Waals surface area (Å²) in [6.45, 7) is 2.90. The van der Waals surface area contributed by atoms with Crippen LogP contribution in [0.15, 0.2) is 18.2 Å². The summed E-state index contributed by atoms with van der Waals surface area (Å²) in [5, 5.41) is 9.86. The molecule has 0 bridgehead atoms. The van der Waals surface area contributed by atoms with E-state index in [1.54, 1.807) is 18.2 Å². The van der Waals surface area contributed by atoms with Gasteiger partial charge in [0.25, 0.3) is 0 Å². The highest BCUT2D eigenvalue weighted by atomic mass is 35.5. The smallest absolute Gasteiger partial charge is 0.165 e. The molecule has 1 N–H and O–H groups in total. The zero-order valence-corrected chi connectivity index (χ0v) is 12.8. The third-order valence-electron chi connectivity index (χ3n) is 3.87. The molecular formula is C15H19Cl2NO2. The fourth-order valence-corrected chi connectivity index (χ4v) is 2.91. The molecule has 1 heterocycles. The van der Waals surface area contributed by atoms with E-state index in [1.165, 1.54) is 0 Å². The summed E-state index contributed by atoms with van der Waals surface area (Å²) < 4.78 is 0. The maximum Gasteiger partial charge on any atom is 0.165 e. The Balaban J connectivity index is 1.85. The van der Waals surface area contributed by atoms with Gasteiger partial charge in [-0.15, -0.1) is 0 Å². The van der Waals surface area contributed by atoms with Crippen LogP contribution in [-0.4, -0.2) is 42.0 Å². The van der Waals surface area contributed by atoms with Gasteiger partial charge in [0.1, 0.15) is 0 Å². The van der Waals surface area contributed by atoms with E-state index in [0.29, 0.717) is 27.9 Å². The summed E-state index contributed by atoms with van der Waals surface area (Å²) in [6.07, 6.45) is 2.45. The van der Waals surface area contributed by atoms with Gasteiger partial charge in [0, 0.05) is 25.1 Å². The molecule has 110 valence electrons. The first-order chi connectivity index (χ1) is 9.61. The Labute approximate surface area is 129 Å². The molecule has 0 atom stereocenters. The van der Waals surface area contributed by atoms with Crippen molar-refractivity contribution >= 4 is 29.0 Å². The van der Waals surface area contributed by atoms with E-state index in [-0.39, 0.29) is 12.4 Å². The summed E-state index contributed by atoms with van der Waals surface area (Å²) >= 11 is 12.0. The summed E-state index contributed by atoms with van der Waals surface area (Å²) in [5.74, 6) is 0.450. The van der Waals surface area contributed by atoms with Crippen LogP contribution in [0.3, 0.4) is 0 Å². The van der Waals surface area contributed by atoms with Crippen molar-refractivity contribution in [3.8, 4) is 0 Å². The number of carbonyl (C=O) groups is 1. The predicted octanol–water partition coefficient (Wildman–Crippen LogP) is 3.27. The molecule has 0 aromatic heterocycles. The molecule has 2 rings (SSSR count). The summed E-state index contributed by atoms with van der Waals surface area (Å²) in [4.78, 5) is 14.4. The van der Waals surface area contributed by atoms with E-state index in [2.05, 4.69) is 4.90 Å². The standard InChI is InChI=1S/C15H19Cl2NO2/c16-13-3-1-2-12(15(13)17)14(20)6-9-18-7-4-11(10-19)5-8-18/h1-3,11,19H,4-10H2. The number of hydrogen-bond donors (Lipinski definition) is 1. The maximum atomic E-state index is 12.2. The third-order valence-corrected chi connectivity index (χ3v) is 4.69. The maximum absolute atomic E-state index is 12.2. The molecule has 1 fully saturated rings. The van der Waals surface area contributed by atoms with Crippen LogP contribution in [0.4, 0.5) is 0 Å². The fraction of sp³-hybridized carbons (Fsp3) is 0.533. The first kappa shape index (κ1) is 15.8. The largest absolute Gasteiger partial charge is 0.396 e. The average molecular weight is 316 g/mol. The average Bonchev–Trinajstić information content (AvgIpc) is 2.48. The number of piperidine rings is 1. The van der Waals surface area contributed by atoms with Crippen molar-refractivity contribution < 1.29 is 9.90 Å². The molecule has 1 aliphatic heterocycles. The number of Topliss-reactive ketones (excluding diaryl/α,β-unsaturated/α-hetero) is 1. The number of carbonyl (C=O) groups excluding carboxylic acids is 1. The molecule has 1 aromatic rings. The van der Waals surface area contributed by atoms with Crippen molar-refractivity contribution in [2.45, 2.75) is 19.3 Å². The number of aliphatic hydroxyl groups is 1. The van der Waals surface area contributed by atoms with Gasteiger partial charge >= 0.3 is 0 Å². The number of aliphatic hydroxyl groups excluding tert-OH is 1. The number of halogens is 2. The highest BCUT2D eigenvalue weighted by Crippen LogP contribution is 2.26. The number of likely N-dealkylation sites (tertiary alicyclic amines) is 1. The van der Waals surface area contributed by atoms with Crippen LogP contribution in [-0.2, 0) is 0 Å². The van der Waals surface area contributed by atoms with Crippen molar-refractivity contribution in [2.75, 3.05) is 26.2 Å². The molecule has 1 aromatic carbocycles. The van der Waals surface area contributed by atoms with E-state index in [9.17, 15) is 4.79 Å². The SMILES string of the molecule is O=C(CCN1CCC(CO)CC1)c1cccc(Cl)c1Cl. The highest BCUT2D eigenvalue weighted by molar-refractivity contribution is 6.43. The molecule has 0 spiro atoms. The number of benzene rings is 1. The molecule has 3 nitrogen and oxygen atoms in total. The van der Waals surface area contributed by atoms with Gasteiger partial charge in [-0.1, -0.05) is 29.3 Å². The van der Waals surface area contributed by atoms with Crippen LogP contribution in [0.1, 0.15) is 29.6 Å². The predicted molar refractivity (Wildman–Crippen MR) is 81.7 cm³/mol. The zero-order chi connectivity index (χ0) is 14.5. The molecule has 0 saturated carbocycles. The summed E-state index contributed by atoms with van der Waals surface area (Å²) in [5.41, 5.74) is 0.504. The third kappa shape index (κ3) is 3.95. The van der Waals surface area contributed by atoms with E-state index >= 15 is 0 Å². The molecule has 0 amide bonds. The quantitative estimate of drug-likeness (QED) is 0.848. The lowest BCUT2D eigenvalue weighted by Gasteiger charge is -2.30. The van der Waals surface area contributed by atoms with Crippen molar-refractivity contribution in [2.24, 2.45) is 5.92 Å². The van der Waals surface area contributed by atoms with Gasteiger partial charge in [0.15, 0.2) is 5.78 Å². The molecule has 0 unspecified atom stereocenters. The van der Waals surface area contributed by atoms with Crippen molar-refractivity contribution in [3.05, 3.63) is 33.8 Å². The zero-order valence-electron chi connectivity index (χ0n) is 11.3. The molecular weight excluding hydrogens is 297 g/mol. The summed E-state index contributed by atoms with van der Waals surface area (Å²) in [6, 6.07) is 5.14. The minimum Gasteiger partial charge on any atom is -0.396 e. The van der Waals surface area contributed by atoms with Crippen LogP contribution in [0.2, 0.25) is 10.0 Å². The Bertz CT molecular complexity index is 471. The van der Waals surface area contributed by atoms with E-state index < -0.39 is 0 Å². The van der Waals surface area contributed by atoms with Crippen LogP contribution < -0.4 is 0 Å².